The standard InChI is InChI=1S/C13H21N5O2/c1-15(2)12(19)10-9-16(3)7-8-18(10)13(20)11-14-5-6-17(11)4/h5-6,10H,7-9H2,1-4H3. The highest BCUT2D eigenvalue weighted by molar-refractivity contribution is 5.95. The smallest absolute Gasteiger partial charge is 0.290 e. The van der Waals surface area contributed by atoms with Gasteiger partial charge in [0.2, 0.25) is 5.91 Å². The van der Waals surface area contributed by atoms with E-state index >= 15 is 0 Å². The number of hydrogen-bond acceptors (Lipinski definition) is 4. The Labute approximate surface area is 118 Å². The number of aromatic nitrogens is 2. The summed E-state index contributed by atoms with van der Waals surface area (Å²) in [6.07, 6.45) is 3.32. The van der Waals surface area contributed by atoms with Crippen molar-refractivity contribution >= 4 is 11.8 Å². The largest absolute Gasteiger partial charge is 0.347 e. The second kappa shape index (κ2) is 5.62. The van der Waals surface area contributed by atoms with Gasteiger partial charge in [-0.3, -0.25) is 9.59 Å². The molecule has 0 bridgehead atoms. The topological polar surface area (TPSA) is 61.7 Å². The molecule has 0 saturated carbocycles. The lowest BCUT2D eigenvalue weighted by atomic mass is 10.1. The van der Waals surface area contributed by atoms with Gasteiger partial charge in [-0.25, -0.2) is 4.98 Å². The van der Waals surface area contributed by atoms with E-state index in [0.29, 0.717) is 18.9 Å². The van der Waals surface area contributed by atoms with Crippen molar-refractivity contribution in [3.63, 3.8) is 0 Å². The molecule has 0 spiro atoms. The maximum absolute atomic E-state index is 12.6. The Morgan fingerprint density at radius 3 is 2.55 bits per heavy atom. The molecule has 2 amide bonds. The van der Waals surface area contributed by atoms with E-state index in [4.69, 9.17) is 0 Å². The highest BCUT2D eigenvalue weighted by Gasteiger charge is 2.36. The number of amides is 2. The summed E-state index contributed by atoms with van der Waals surface area (Å²) in [6.45, 7) is 1.84. The number of rotatable bonds is 2. The number of imidazole rings is 1. The Kier molecular flexibility index (Phi) is 4.08. The molecule has 0 N–H and O–H groups in total. The van der Waals surface area contributed by atoms with Gasteiger partial charge in [0.1, 0.15) is 6.04 Å². The Morgan fingerprint density at radius 1 is 1.30 bits per heavy atom. The molecule has 0 aliphatic carbocycles. The van der Waals surface area contributed by atoms with Gasteiger partial charge in [-0.15, -0.1) is 0 Å². The van der Waals surface area contributed by atoms with Crippen molar-refractivity contribution in [2.24, 2.45) is 7.05 Å². The number of nitrogens with zero attached hydrogens (tertiary/aromatic N) is 5. The molecule has 1 atom stereocenters. The molecule has 1 saturated heterocycles. The molecular weight excluding hydrogens is 258 g/mol. The molecule has 1 aromatic rings. The van der Waals surface area contributed by atoms with Crippen LogP contribution in [0.4, 0.5) is 0 Å². The summed E-state index contributed by atoms with van der Waals surface area (Å²) in [6, 6.07) is -0.451. The first-order chi connectivity index (χ1) is 9.41. The van der Waals surface area contributed by atoms with Crippen LogP contribution in [-0.2, 0) is 11.8 Å². The van der Waals surface area contributed by atoms with Gasteiger partial charge in [0.15, 0.2) is 5.82 Å². The van der Waals surface area contributed by atoms with Crippen molar-refractivity contribution in [3.05, 3.63) is 18.2 Å². The molecular formula is C13H21N5O2. The van der Waals surface area contributed by atoms with Crippen LogP contribution in [0.15, 0.2) is 12.4 Å². The summed E-state index contributed by atoms with van der Waals surface area (Å²) in [5.41, 5.74) is 0. The maximum atomic E-state index is 12.6. The molecule has 2 heterocycles. The summed E-state index contributed by atoms with van der Waals surface area (Å²) in [7, 11) is 7.15. The van der Waals surface area contributed by atoms with Crippen LogP contribution >= 0.6 is 0 Å². The zero-order chi connectivity index (χ0) is 14.9. The number of aryl methyl sites for hydroxylation is 1. The molecule has 7 nitrogen and oxygen atoms in total. The molecule has 7 heteroatoms. The molecule has 1 aliphatic heterocycles. The lowest BCUT2D eigenvalue weighted by Gasteiger charge is -2.39. The summed E-state index contributed by atoms with van der Waals surface area (Å²) in [5, 5.41) is 0. The summed E-state index contributed by atoms with van der Waals surface area (Å²) in [4.78, 5) is 34.2. The second-order valence-electron chi connectivity index (χ2n) is 5.37. The van der Waals surface area contributed by atoms with E-state index in [1.165, 1.54) is 4.90 Å². The van der Waals surface area contributed by atoms with Gasteiger partial charge in [0.05, 0.1) is 0 Å². The van der Waals surface area contributed by atoms with Crippen molar-refractivity contribution in [1.82, 2.24) is 24.3 Å². The van der Waals surface area contributed by atoms with Crippen molar-refractivity contribution in [3.8, 4) is 0 Å². The molecule has 1 fully saturated rings. The Bertz CT molecular complexity index is 511. The average Bonchev–Trinajstić information content (AvgIpc) is 2.83. The fourth-order valence-corrected chi connectivity index (χ4v) is 2.37. The fourth-order valence-electron chi connectivity index (χ4n) is 2.37. The molecule has 0 radical (unpaired) electrons. The Balaban J connectivity index is 2.25. The van der Waals surface area contributed by atoms with Crippen LogP contribution in [0.25, 0.3) is 0 Å². The van der Waals surface area contributed by atoms with Gasteiger partial charge in [-0.1, -0.05) is 0 Å². The number of carbonyl (C=O) groups is 2. The third-order valence-electron chi connectivity index (χ3n) is 3.58. The first kappa shape index (κ1) is 14.5. The van der Waals surface area contributed by atoms with Crippen LogP contribution in [0.5, 0.6) is 0 Å². The first-order valence-electron chi connectivity index (χ1n) is 6.60. The normalized spacial score (nSPS) is 20.0. The van der Waals surface area contributed by atoms with Crippen molar-refractivity contribution in [2.75, 3.05) is 40.8 Å². The van der Waals surface area contributed by atoms with E-state index in [2.05, 4.69) is 9.88 Å². The molecule has 110 valence electrons. The number of hydrogen-bond donors (Lipinski definition) is 0. The van der Waals surface area contributed by atoms with Crippen LogP contribution in [0.3, 0.4) is 0 Å². The van der Waals surface area contributed by atoms with E-state index in [1.807, 2.05) is 7.05 Å². The van der Waals surface area contributed by atoms with Gasteiger partial charge in [0.25, 0.3) is 5.91 Å². The molecule has 1 aromatic heterocycles. The van der Waals surface area contributed by atoms with E-state index in [0.717, 1.165) is 6.54 Å². The Hall–Kier alpha value is -1.89. The molecule has 1 unspecified atom stereocenters. The number of carbonyl (C=O) groups excluding carboxylic acids is 2. The van der Waals surface area contributed by atoms with Crippen LogP contribution < -0.4 is 0 Å². The molecule has 2 rings (SSSR count). The summed E-state index contributed by atoms with van der Waals surface area (Å²) >= 11 is 0. The van der Waals surface area contributed by atoms with E-state index in [-0.39, 0.29) is 11.8 Å². The Morgan fingerprint density at radius 2 is 2.00 bits per heavy atom. The van der Waals surface area contributed by atoms with Crippen molar-refractivity contribution in [1.29, 1.82) is 0 Å². The monoisotopic (exact) mass is 279 g/mol. The molecule has 0 aromatic carbocycles. The van der Waals surface area contributed by atoms with Crippen LogP contribution in [-0.4, -0.2) is 82.9 Å². The molecule has 20 heavy (non-hydrogen) atoms. The van der Waals surface area contributed by atoms with E-state index in [9.17, 15) is 9.59 Å². The first-order valence-corrected chi connectivity index (χ1v) is 6.60. The average molecular weight is 279 g/mol. The minimum atomic E-state index is -0.451. The lowest BCUT2D eigenvalue weighted by Crippen LogP contribution is -2.59. The van der Waals surface area contributed by atoms with Crippen LogP contribution in [0, 0.1) is 0 Å². The van der Waals surface area contributed by atoms with Crippen LogP contribution in [0.1, 0.15) is 10.6 Å². The zero-order valence-corrected chi connectivity index (χ0v) is 12.4. The third-order valence-corrected chi connectivity index (χ3v) is 3.58. The SMILES string of the molecule is CN1CCN(C(=O)c2nccn2C)C(C(=O)N(C)C)C1. The fraction of sp³-hybridized carbons (Fsp3) is 0.615. The van der Waals surface area contributed by atoms with Crippen LogP contribution in [0.2, 0.25) is 0 Å². The van der Waals surface area contributed by atoms with Crippen molar-refractivity contribution in [2.45, 2.75) is 6.04 Å². The zero-order valence-electron chi connectivity index (χ0n) is 12.4. The number of likely N-dealkylation sites (N-methyl/N-ethyl adjacent to an activating group) is 2. The summed E-state index contributed by atoms with van der Waals surface area (Å²) < 4.78 is 1.68. The second-order valence-corrected chi connectivity index (χ2v) is 5.37. The summed E-state index contributed by atoms with van der Waals surface area (Å²) in [5.74, 6) is 0.121. The minimum absolute atomic E-state index is 0.0564. The van der Waals surface area contributed by atoms with Gasteiger partial charge in [-0.05, 0) is 7.05 Å². The van der Waals surface area contributed by atoms with Crippen molar-refractivity contribution < 1.29 is 9.59 Å². The van der Waals surface area contributed by atoms with Gasteiger partial charge >= 0.3 is 0 Å². The van der Waals surface area contributed by atoms with Gasteiger partial charge in [-0.2, -0.15) is 0 Å². The van der Waals surface area contributed by atoms with Gasteiger partial charge < -0.3 is 19.3 Å². The highest BCUT2D eigenvalue weighted by atomic mass is 16.2. The minimum Gasteiger partial charge on any atom is -0.347 e. The predicted octanol–water partition coefficient (Wildman–Crippen LogP) is -0.735. The highest BCUT2D eigenvalue weighted by Crippen LogP contribution is 2.14. The number of piperazine rings is 1. The maximum Gasteiger partial charge on any atom is 0.290 e. The third kappa shape index (κ3) is 2.67. The van der Waals surface area contributed by atoms with E-state index in [1.54, 1.807) is 43.0 Å². The lowest BCUT2D eigenvalue weighted by molar-refractivity contribution is -0.135. The molecule has 1 aliphatic rings. The quantitative estimate of drug-likeness (QED) is 0.716. The van der Waals surface area contributed by atoms with E-state index < -0.39 is 6.04 Å². The van der Waals surface area contributed by atoms with Gasteiger partial charge in [0, 0.05) is 53.2 Å². The predicted molar refractivity (Wildman–Crippen MR) is 74.2 cm³/mol.